The number of sulfone groups is 1. The first-order chi connectivity index (χ1) is 11.2. The number of aromatic nitrogens is 2. The molecule has 0 spiro atoms. The van der Waals surface area contributed by atoms with Crippen molar-refractivity contribution >= 4 is 44.0 Å². The predicted molar refractivity (Wildman–Crippen MR) is 89.0 cm³/mol. The molecule has 0 radical (unpaired) electrons. The molecule has 0 atom stereocenters. The highest BCUT2D eigenvalue weighted by Crippen LogP contribution is 2.31. The molecule has 0 aliphatic carbocycles. The van der Waals surface area contributed by atoms with Gasteiger partial charge >= 0.3 is 0 Å². The molecule has 0 saturated heterocycles. The number of anilines is 2. The number of pyridine rings is 2. The number of phenolic OH excluding ortho intramolecular Hbond substituents is 1. The number of nitrogens with zero attached hydrogens (tertiary/aromatic N) is 2. The van der Waals surface area contributed by atoms with Gasteiger partial charge in [0.15, 0.2) is 21.4 Å². The van der Waals surface area contributed by atoms with Crippen molar-refractivity contribution in [1.82, 2.24) is 9.97 Å². The quantitative estimate of drug-likeness (QED) is 0.690. The Morgan fingerprint density at radius 3 is 2.62 bits per heavy atom. The molecule has 0 aliphatic rings. The molecule has 0 aliphatic heterocycles. The van der Waals surface area contributed by atoms with E-state index in [1.807, 2.05) is 0 Å². The second kappa shape index (κ2) is 5.88. The van der Waals surface area contributed by atoms with Crippen molar-refractivity contribution in [3.63, 3.8) is 0 Å². The van der Waals surface area contributed by atoms with Crippen LogP contribution in [0.15, 0.2) is 41.4 Å². The van der Waals surface area contributed by atoms with Crippen LogP contribution in [-0.4, -0.2) is 29.7 Å². The first-order valence-corrected chi connectivity index (χ1v) is 8.93. The van der Waals surface area contributed by atoms with E-state index in [0.717, 1.165) is 12.3 Å². The van der Waals surface area contributed by atoms with Gasteiger partial charge in [0.25, 0.3) is 0 Å². The van der Waals surface area contributed by atoms with Gasteiger partial charge in [0.05, 0.1) is 21.0 Å². The number of rotatable bonds is 3. The number of hydrogen-bond acceptors (Lipinski definition) is 6. The number of phenols is 1. The number of fused-ring (bicyclic) bond motifs is 1. The van der Waals surface area contributed by atoms with Gasteiger partial charge in [0, 0.05) is 24.2 Å². The molecule has 3 aromatic rings. The summed E-state index contributed by atoms with van der Waals surface area (Å²) < 4.78 is 36.7. The van der Waals surface area contributed by atoms with Crippen molar-refractivity contribution in [3.8, 4) is 5.75 Å². The molecule has 2 aromatic heterocycles. The van der Waals surface area contributed by atoms with E-state index in [1.54, 1.807) is 12.1 Å². The lowest BCUT2D eigenvalue weighted by atomic mass is 10.2. The van der Waals surface area contributed by atoms with E-state index in [2.05, 4.69) is 15.3 Å². The first kappa shape index (κ1) is 16.4. The molecule has 9 heteroatoms. The van der Waals surface area contributed by atoms with Gasteiger partial charge in [0.1, 0.15) is 5.82 Å². The third-order valence-corrected chi connectivity index (χ3v) is 4.60. The SMILES string of the molecule is CS(=O)(=O)c1cnc2ccc(Nc3cc(F)c(O)c(Cl)c3)nc2c1. The Morgan fingerprint density at radius 2 is 1.96 bits per heavy atom. The van der Waals surface area contributed by atoms with Crippen LogP contribution in [0.25, 0.3) is 11.0 Å². The van der Waals surface area contributed by atoms with E-state index in [1.165, 1.54) is 18.3 Å². The maximum absolute atomic E-state index is 13.5. The van der Waals surface area contributed by atoms with Crippen LogP contribution < -0.4 is 5.32 Å². The fraction of sp³-hybridized carbons (Fsp3) is 0.0667. The van der Waals surface area contributed by atoms with Crippen molar-refractivity contribution in [3.05, 3.63) is 47.4 Å². The Balaban J connectivity index is 2.01. The summed E-state index contributed by atoms with van der Waals surface area (Å²) in [5.74, 6) is -1.15. The summed E-state index contributed by atoms with van der Waals surface area (Å²) in [6, 6.07) is 7.08. The van der Waals surface area contributed by atoms with Crippen LogP contribution in [0.2, 0.25) is 5.02 Å². The Morgan fingerprint density at radius 1 is 1.21 bits per heavy atom. The van der Waals surface area contributed by atoms with Gasteiger partial charge in [-0.2, -0.15) is 0 Å². The molecule has 1 aromatic carbocycles. The predicted octanol–water partition coefficient (Wildman–Crippen LogP) is 3.28. The Hall–Kier alpha value is -2.45. The van der Waals surface area contributed by atoms with E-state index >= 15 is 0 Å². The monoisotopic (exact) mass is 367 g/mol. The molecular weight excluding hydrogens is 357 g/mol. The number of benzene rings is 1. The Labute approximate surface area is 141 Å². The second-order valence-electron chi connectivity index (χ2n) is 5.09. The minimum Gasteiger partial charge on any atom is -0.504 e. The lowest BCUT2D eigenvalue weighted by molar-refractivity contribution is 0.433. The molecule has 124 valence electrons. The van der Waals surface area contributed by atoms with Crippen molar-refractivity contribution in [2.45, 2.75) is 4.90 Å². The number of nitrogens with one attached hydrogen (secondary N) is 1. The summed E-state index contributed by atoms with van der Waals surface area (Å²) >= 11 is 5.72. The lowest BCUT2D eigenvalue weighted by Crippen LogP contribution is -2.00. The van der Waals surface area contributed by atoms with Crippen molar-refractivity contribution in [2.24, 2.45) is 0 Å². The Bertz CT molecular complexity index is 1030. The summed E-state index contributed by atoms with van der Waals surface area (Å²) in [5.41, 5.74) is 1.17. The molecular formula is C15H11ClFN3O3S. The summed E-state index contributed by atoms with van der Waals surface area (Å²) in [7, 11) is -3.40. The molecule has 24 heavy (non-hydrogen) atoms. The van der Waals surface area contributed by atoms with Gasteiger partial charge in [-0.15, -0.1) is 0 Å². The van der Waals surface area contributed by atoms with Crippen molar-refractivity contribution < 1.29 is 17.9 Å². The smallest absolute Gasteiger partial charge is 0.177 e. The maximum atomic E-state index is 13.5. The van der Waals surface area contributed by atoms with Crippen LogP contribution >= 0.6 is 11.6 Å². The molecule has 0 bridgehead atoms. The van der Waals surface area contributed by atoms with Gasteiger partial charge < -0.3 is 10.4 Å². The third kappa shape index (κ3) is 3.24. The summed E-state index contributed by atoms with van der Waals surface area (Å²) in [5, 5.41) is 12.0. The third-order valence-electron chi connectivity index (χ3n) is 3.23. The minimum atomic E-state index is -3.40. The van der Waals surface area contributed by atoms with E-state index in [4.69, 9.17) is 11.6 Å². The zero-order valence-corrected chi connectivity index (χ0v) is 13.9. The lowest BCUT2D eigenvalue weighted by Gasteiger charge is -2.09. The van der Waals surface area contributed by atoms with Crippen LogP contribution in [0, 0.1) is 5.82 Å². The molecule has 3 rings (SSSR count). The highest BCUT2D eigenvalue weighted by atomic mass is 35.5. The standard InChI is InChI=1S/C15H11ClFN3O3S/c1-24(22,23)9-6-13-12(18-7-9)2-3-14(20-13)19-8-4-10(16)15(21)11(17)5-8/h2-7,21H,1H3,(H,19,20). The highest BCUT2D eigenvalue weighted by Gasteiger charge is 2.11. The van der Waals surface area contributed by atoms with Gasteiger partial charge in [0.2, 0.25) is 0 Å². The second-order valence-corrected chi connectivity index (χ2v) is 7.51. The zero-order chi connectivity index (χ0) is 17.5. The Kier molecular flexibility index (Phi) is 4.02. The van der Waals surface area contributed by atoms with Gasteiger partial charge in [-0.25, -0.2) is 17.8 Å². The van der Waals surface area contributed by atoms with Crippen LogP contribution in [0.4, 0.5) is 15.9 Å². The molecule has 2 N–H and O–H groups in total. The normalized spacial score (nSPS) is 11.6. The average Bonchev–Trinajstić information content (AvgIpc) is 2.51. The minimum absolute atomic E-state index is 0.0540. The van der Waals surface area contributed by atoms with Crippen LogP contribution in [-0.2, 0) is 9.84 Å². The number of halogens is 2. The molecule has 2 heterocycles. The molecule has 0 saturated carbocycles. The largest absolute Gasteiger partial charge is 0.504 e. The van der Waals surface area contributed by atoms with Crippen molar-refractivity contribution in [2.75, 3.05) is 11.6 Å². The van der Waals surface area contributed by atoms with Gasteiger partial charge in [-0.1, -0.05) is 11.6 Å². The summed E-state index contributed by atoms with van der Waals surface area (Å²) in [6.07, 6.45) is 2.35. The average molecular weight is 368 g/mol. The fourth-order valence-corrected chi connectivity index (χ4v) is 2.82. The molecule has 0 fully saturated rings. The van der Waals surface area contributed by atoms with E-state index in [0.29, 0.717) is 16.9 Å². The highest BCUT2D eigenvalue weighted by molar-refractivity contribution is 7.90. The van der Waals surface area contributed by atoms with Crippen LogP contribution in [0.5, 0.6) is 5.75 Å². The summed E-state index contributed by atoms with van der Waals surface area (Å²) in [6.45, 7) is 0. The van der Waals surface area contributed by atoms with Gasteiger partial charge in [-0.05, 0) is 24.3 Å². The maximum Gasteiger partial charge on any atom is 0.177 e. The van der Waals surface area contributed by atoms with E-state index in [-0.39, 0.29) is 15.6 Å². The van der Waals surface area contributed by atoms with Crippen LogP contribution in [0.3, 0.4) is 0 Å². The van der Waals surface area contributed by atoms with E-state index < -0.39 is 21.4 Å². The number of aromatic hydroxyl groups is 1. The number of hydrogen-bond donors (Lipinski definition) is 2. The zero-order valence-electron chi connectivity index (χ0n) is 12.3. The summed E-state index contributed by atoms with van der Waals surface area (Å²) in [4.78, 5) is 8.37. The molecule has 0 amide bonds. The molecule has 6 nitrogen and oxygen atoms in total. The van der Waals surface area contributed by atoms with Crippen LogP contribution in [0.1, 0.15) is 0 Å². The fourth-order valence-electron chi connectivity index (χ4n) is 2.05. The topological polar surface area (TPSA) is 92.2 Å². The van der Waals surface area contributed by atoms with Crippen molar-refractivity contribution in [1.29, 1.82) is 0 Å². The molecule has 0 unspecified atom stereocenters. The van der Waals surface area contributed by atoms with Gasteiger partial charge in [-0.3, -0.25) is 4.98 Å². The van der Waals surface area contributed by atoms with E-state index in [9.17, 15) is 17.9 Å². The first-order valence-electron chi connectivity index (χ1n) is 6.66.